The van der Waals surface area contributed by atoms with Crippen molar-refractivity contribution < 1.29 is 0 Å². The lowest BCUT2D eigenvalue weighted by Crippen LogP contribution is -2.12. The van der Waals surface area contributed by atoms with E-state index in [0.29, 0.717) is 0 Å². The molecular formula is C68H47N. The minimum Gasteiger partial charge on any atom is -0.310 e. The summed E-state index contributed by atoms with van der Waals surface area (Å²) in [7, 11) is 0. The van der Waals surface area contributed by atoms with E-state index in [9.17, 15) is 0 Å². The average Bonchev–Trinajstić information content (AvgIpc) is 3.44. The normalized spacial score (nSPS) is 11.2. The first-order valence-electron chi connectivity index (χ1n) is 23.7. The van der Waals surface area contributed by atoms with Gasteiger partial charge in [-0.15, -0.1) is 0 Å². The van der Waals surface area contributed by atoms with Crippen LogP contribution in [0.1, 0.15) is 0 Å². The lowest BCUT2D eigenvalue weighted by atomic mass is 9.84. The number of fused-ring (bicyclic) bond motifs is 3. The van der Waals surface area contributed by atoms with Crippen molar-refractivity contribution in [2.45, 2.75) is 0 Å². The Balaban J connectivity index is 1.05. The molecule has 1 heteroatoms. The SMILES string of the molecule is c1ccc(-c2ccc(N(c3ccc(-c4ccc5c(c4)c(-c4ccccc4)c(-c4ccccc4)c4ccccc45)cc3)c3ccc(-c4ccccc4)c(-c4ccccc4)c3)c(-c3ccccc3)c2)cc1. The van der Waals surface area contributed by atoms with E-state index in [-0.39, 0.29) is 0 Å². The van der Waals surface area contributed by atoms with Gasteiger partial charge >= 0.3 is 0 Å². The number of benzene rings is 12. The van der Waals surface area contributed by atoms with E-state index in [2.05, 4.69) is 290 Å². The van der Waals surface area contributed by atoms with Crippen LogP contribution >= 0.6 is 0 Å². The average molecular weight is 878 g/mol. The maximum absolute atomic E-state index is 2.44. The van der Waals surface area contributed by atoms with Crippen molar-refractivity contribution >= 4 is 38.6 Å². The number of rotatable bonds is 10. The summed E-state index contributed by atoms with van der Waals surface area (Å²) in [6, 6.07) is 104. The van der Waals surface area contributed by atoms with Crippen LogP contribution in [0.4, 0.5) is 17.1 Å². The molecule has 0 saturated heterocycles. The van der Waals surface area contributed by atoms with Crippen molar-refractivity contribution in [2.75, 3.05) is 4.90 Å². The van der Waals surface area contributed by atoms with Crippen LogP contribution in [-0.2, 0) is 0 Å². The first kappa shape index (κ1) is 41.4. The fourth-order valence-electron chi connectivity index (χ4n) is 10.2. The van der Waals surface area contributed by atoms with E-state index in [1.807, 2.05) is 0 Å². The van der Waals surface area contributed by atoms with E-state index in [4.69, 9.17) is 0 Å². The van der Waals surface area contributed by atoms with E-state index >= 15 is 0 Å². The Bertz CT molecular complexity index is 3720. The highest BCUT2D eigenvalue weighted by Crippen LogP contribution is 2.48. The van der Waals surface area contributed by atoms with Crippen LogP contribution in [0.3, 0.4) is 0 Å². The van der Waals surface area contributed by atoms with Crippen molar-refractivity contribution in [3.05, 3.63) is 285 Å². The van der Waals surface area contributed by atoms with Crippen LogP contribution < -0.4 is 4.90 Å². The predicted molar refractivity (Wildman–Crippen MR) is 294 cm³/mol. The maximum atomic E-state index is 2.44. The number of nitrogens with zero attached hydrogens (tertiary/aromatic N) is 1. The highest BCUT2D eigenvalue weighted by Gasteiger charge is 2.22. The van der Waals surface area contributed by atoms with Crippen LogP contribution in [0.25, 0.3) is 99.4 Å². The first-order chi connectivity index (χ1) is 34.2. The summed E-state index contributed by atoms with van der Waals surface area (Å²) in [6.07, 6.45) is 0. The molecule has 324 valence electrons. The van der Waals surface area contributed by atoms with Crippen LogP contribution in [0.5, 0.6) is 0 Å². The van der Waals surface area contributed by atoms with Crippen LogP contribution in [0.2, 0.25) is 0 Å². The maximum Gasteiger partial charge on any atom is 0.0540 e. The lowest BCUT2D eigenvalue weighted by Gasteiger charge is -2.29. The molecule has 0 bridgehead atoms. The Labute approximate surface area is 404 Å². The van der Waals surface area contributed by atoms with Crippen molar-refractivity contribution in [3.63, 3.8) is 0 Å². The molecule has 0 spiro atoms. The third kappa shape index (κ3) is 7.97. The molecule has 0 fully saturated rings. The van der Waals surface area contributed by atoms with Crippen LogP contribution in [-0.4, -0.2) is 0 Å². The van der Waals surface area contributed by atoms with Crippen LogP contribution in [0, 0.1) is 0 Å². The minimum absolute atomic E-state index is 1.07. The Morgan fingerprint density at radius 2 is 0.580 bits per heavy atom. The Kier molecular flexibility index (Phi) is 11.0. The van der Waals surface area contributed by atoms with Gasteiger partial charge in [-0.3, -0.25) is 0 Å². The molecule has 0 N–H and O–H groups in total. The Morgan fingerprint density at radius 1 is 0.188 bits per heavy atom. The molecule has 0 radical (unpaired) electrons. The summed E-state index contributed by atoms with van der Waals surface area (Å²) >= 11 is 0. The summed E-state index contributed by atoms with van der Waals surface area (Å²) in [6.45, 7) is 0. The van der Waals surface area contributed by atoms with Gasteiger partial charge in [0, 0.05) is 16.9 Å². The quantitative estimate of drug-likeness (QED) is 0.124. The monoisotopic (exact) mass is 877 g/mol. The second kappa shape index (κ2) is 18.3. The standard InChI is InChI=1S/C68H47N/c1-7-21-48(22-8-1)56-38-44-66(64(45-56)52-27-13-4-14-28-52)69(58-41-43-59(50-23-9-2-10-24-50)63(47-58)51-25-11-3-12-26-51)57-39-35-49(36-40-57)55-37-42-61-60-33-19-20-34-62(60)67(53-29-15-5-16-30-53)68(65(61)46-55)54-31-17-6-18-32-54/h1-47H. The topological polar surface area (TPSA) is 3.24 Å². The molecule has 0 heterocycles. The smallest absolute Gasteiger partial charge is 0.0540 e. The summed E-state index contributed by atoms with van der Waals surface area (Å²) < 4.78 is 0. The molecule has 12 aromatic rings. The highest BCUT2D eigenvalue weighted by atomic mass is 15.1. The molecule has 0 aliphatic heterocycles. The van der Waals surface area contributed by atoms with E-state index < -0.39 is 0 Å². The summed E-state index contributed by atoms with van der Waals surface area (Å²) in [5, 5.41) is 4.99. The molecule has 12 rings (SSSR count). The van der Waals surface area contributed by atoms with Gasteiger partial charge in [-0.05, 0) is 136 Å². The van der Waals surface area contributed by atoms with E-state index in [0.717, 1.165) is 33.8 Å². The molecule has 0 atom stereocenters. The molecule has 12 aromatic carbocycles. The molecule has 0 amide bonds. The summed E-state index contributed by atoms with van der Waals surface area (Å²) in [4.78, 5) is 2.44. The summed E-state index contributed by atoms with van der Waals surface area (Å²) in [5.74, 6) is 0. The Morgan fingerprint density at radius 3 is 1.16 bits per heavy atom. The lowest BCUT2D eigenvalue weighted by molar-refractivity contribution is 1.28. The second-order valence-corrected chi connectivity index (χ2v) is 17.6. The van der Waals surface area contributed by atoms with Crippen molar-refractivity contribution in [3.8, 4) is 77.9 Å². The predicted octanol–water partition coefficient (Wildman–Crippen LogP) is 19.1. The zero-order chi connectivity index (χ0) is 45.9. The molecule has 0 unspecified atom stereocenters. The van der Waals surface area contributed by atoms with Gasteiger partial charge in [-0.25, -0.2) is 0 Å². The molecule has 1 nitrogen and oxygen atoms in total. The van der Waals surface area contributed by atoms with Gasteiger partial charge in [0.05, 0.1) is 5.69 Å². The first-order valence-corrected chi connectivity index (χ1v) is 23.7. The zero-order valence-electron chi connectivity index (χ0n) is 38.1. The van der Waals surface area contributed by atoms with Crippen molar-refractivity contribution in [1.29, 1.82) is 0 Å². The molecular weight excluding hydrogens is 831 g/mol. The Hall–Kier alpha value is -9.04. The molecule has 0 aliphatic rings. The molecule has 69 heavy (non-hydrogen) atoms. The zero-order valence-corrected chi connectivity index (χ0v) is 38.1. The largest absolute Gasteiger partial charge is 0.310 e. The summed E-state index contributed by atoms with van der Waals surface area (Å²) in [5.41, 5.74) is 19.9. The van der Waals surface area contributed by atoms with Gasteiger partial charge in [-0.1, -0.05) is 243 Å². The third-order valence-electron chi connectivity index (χ3n) is 13.5. The van der Waals surface area contributed by atoms with E-state index in [1.165, 1.54) is 82.7 Å². The van der Waals surface area contributed by atoms with Gasteiger partial charge in [0.15, 0.2) is 0 Å². The molecule has 0 aromatic heterocycles. The second-order valence-electron chi connectivity index (χ2n) is 17.6. The third-order valence-corrected chi connectivity index (χ3v) is 13.5. The number of anilines is 3. The van der Waals surface area contributed by atoms with Gasteiger partial charge in [0.1, 0.15) is 0 Å². The van der Waals surface area contributed by atoms with Gasteiger partial charge in [-0.2, -0.15) is 0 Å². The van der Waals surface area contributed by atoms with Gasteiger partial charge < -0.3 is 4.90 Å². The number of hydrogen-bond donors (Lipinski definition) is 0. The fraction of sp³-hybridized carbons (Fsp3) is 0. The van der Waals surface area contributed by atoms with Gasteiger partial charge in [0.25, 0.3) is 0 Å². The molecule has 0 saturated carbocycles. The van der Waals surface area contributed by atoms with Crippen LogP contribution in [0.15, 0.2) is 285 Å². The fourth-order valence-corrected chi connectivity index (χ4v) is 10.2. The highest BCUT2D eigenvalue weighted by molar-refractivity contribution is 6.22. The molecule has 0 aliphatic carbocycles. The number of hydrogen-bond acceptors (Lipinski definition) is 1. The van der Waals surface area contributed by atoms with Gasteiger partial charge in [0.2, 0.25) is 0 Å². The van der Waals surface area contributed by atoms with E-state index in [1.54, 1.807) is 0 Å². The minimum atomic E-state index is 1.07. The van der Waals surface area contributed by atoms with Crippen molar-refractivity contribution in [1.82, 2.24) is 0 Å². The van der Waals surface area contributed by atoms with Crippen molar-refractivity contribution in [2.24, 2.45) is 0 Å².